The van der Waals surface area contributed by atoms with Gasteiger partial charge in [-0.2, -0.15) is 0 Å². The number of likely N-dealkylation sites (tertiary alicyclic amines) is 1. The van der Waals surface area contributed by atoms with Crippen molar-refractivity contribution in [2.45, 2.75) is 51.1 Å². The Morgan fingerprint density at radius 2 is 2.38 bits per heavy atom. The number of unbranched alkanes of at least 4 members (excludes halogenated alkanes) is 1. The maximum absolute atomic E-state index is 11.7. The Morgan fingerprint density at radius 3 is 2.94 bits per heavy atom. The molecule has 0 aromatic carbocycles. The first-order valence-electron chi connectivity index (χ1n) is 6.26. The number of ether oxygens (including phenoxy) is 1. The largest absolute Gasteiger partial charge is 0.468 e. The van der Waals surface area contributed by atoms with E-state index in [1.54, 1.807) is 0 Å². The molecule has 0 aromatic heterocycles. The number of esters is 1. The lowest BCUT2D eigenvalue weighted by Gasteiger charge is -2.35. The van der Waals surface area contributed by atoms with E-state index in [0.717, 1.165) is 45.2 Å². The van der Waals surface area contributed by atoms with Gasteiger partial charge in [-0.1, -0.05) is 19.8 Å². The quantitative estimate of drug-likeness (QED) is 0.717. The van der Waals surface area contributed by atoms with Crippen LogP contribution in [0.25, 0.3) is 0 Å². The molecule has 0 aromatic rings. The molecule has 1 rings (SSSR count). The van der Waals surface area contributed by atoms with E-state index in [-0.39, 0.29) is 18.1 Å². The van der Waals surface area contributed by atoms with Crippen molar-refractivity contribution in [2.24, 2.45) is 5.73 Å². The first-order chi connectivity index (χ1) is 7.69. The fraction of sp³-hybridized carbons (Fsp3) is 0.917. The summed E-state index contributed by atoms with van der Waals surface area (Å²) in [6.07, 6.45) is 5.20. The molecule has 1 heterocycles. The first kappa shape index (κ1) is 13.5. The number of carbonyl (C=O) groups is 1. The Morgan fingerprint density at radius 1 is 1.62 bits per heavy atom. The van der Waals surface area contributed by atoms with Gasteiger partial charge in [-0.05, 0) is 25.8 Å². The van der Waals surface area contributed by atoms with Gasteiger partial charge in [-0.15, -0.1) is 0 Å². The van der Waals surface area contributed by atoms with Crippen LogP contribution < -0.4 is 5.73 Å². The SMILES string of the molecule is CCCCC(C(=O)OC)N1CCCC(N)C1. The Hall–Kier alpha value is -0.610. The first-order valence-corrected chi connectivity index (χ1v) is 6.26. The third kappa shape index (κ3) is 3.76. The summed E-state index contributed by atoms with van der Waals surface area (Å²) in [5.74, 6) is -0.109. The Kier molecular flexibility index (Phi) is 5.77. The number of rotatable bonds is 5. The summed E-state index contributed by atoms with van der Waals surface area (Å²) in [6.45, 7) is 3.93. The molecule has 0 amide bonds. The monoisotopic (exact) mass is 228 g/mol. The maximum atomic E-state index is 11.7. The van der Waals surface area contributed by atoms with Crippen molar-refractivity contribution in [3.63, 3.8) is 0 Å². The molecule has 0 aliphatic carbocycles. The molecule has 0 spiro atoms. The standard InChI is InChI=1S/C12H24N2O2/c1-3-4-7-11(12(15)16-2)14-8-5-6-10(13)9-14/h10-11H,3-9,13H2,1-2H3. The zero-order valence-electron chi connectivity index (χ0n) is 10.4. The van der Waals surface area contributed by atoms with E-state index in [0.29, 0.717) is 0 Å². The van der Waals surface area contributed by atoms with E-state index in [9.17, 15) is 4.79 Å². The summed E-state index contributed by atoms with van der Waals surface area (Å²) in [5, 5.41) is 0. The second-order valence-electron chi connectivity index (χ2n) is 4.58. The summed E-state index contributed by atoms with van der Waals surface area (Å²) >= 11 is 0. The number of hydrogen-bond acceptors (Lipinski definition) is 4. The number of methoxy groups -OCH3 is 1. The van der Waals surface area contributed by atoms with Crippen molar-refractivity contribution in [3.05, 3.63) is 0 Å². The van der Waals surface area contributed by atoms with Crippen molar-refractivity contribution >= 4 is 5.97 Å². The highest BCUT2D eigenvalue weighted by atomic mass is 16.5. The molecule has 2 unspecified atom stereocenters. The van der Waals surface area contributed by atoms with E-state index < -0.39 is 0 Å². The van der Waals surface area contributed by atoms with Gasteiger partial charge in [-0.25, -0.2) is 0 Å². The molecule has 1 aliphatic heterocycles. The summed E-state index contributed by atoms with van der Waals surface area (Å²) in [4.78, 5) is 13.9. The van der Waals surface area contributed by atoms with Crippen LogP contribution in [0.3, 0.4) is 0 Å². The Bertz CT molecular complexity index is 221. The van der Waals surface area contributed by atoms with Crippen molar-refractivity contribution in [1.82, 2.24) is 4.90 Å². The highest BCUT2D eigenvalue weighted by Crippen LogP contribution is 2.16. The molecule has 94 valence electrons. The summed E-state index contributed by atoms with van der Waals surface area (Å²) < 4.78 is 4.88. The molecule has 2 N–H and O–H groups in total. The highest BCUT2D eigenvalue weighted by Gasteiger charge is 2.29. The minimum Gasteiger partial charge on any atom is -0.468 e. The topological polar surface area (TPSA) is 55.6 Å². The number of piperidine rings is 1. The Balaban J connectivity index is 2.55. The third-order valence-electron chi connectivity index (χ3n) is 3.23. The molecule has 2 atom stereocenters. The average molecular weight is 228 g/mol. The van der Waals surface area contributed by atoms with Gasteiger partial charge < -0.3 is 10.5 Å². The summed E-state index contributed by atoms with van der Waals surface area (Å²) in [5.41, 5.74) is 5.94. The molecular formula is C12H24N2O2. The zero-order chi connectivity index (χ0) is 12.0. The average Bonchev–Trinajstić information content (AvgIpc) is 2.29. The van der Waals surface area contributed by atoms with E-state index in [1.165, 1.54) is 7.11 Å². The number of carbonyl (C=O) groups excluding carboxylic acids is 1. The lowest BCUT2D eigenvalue weighted by Crippen LogP contribution is -2.50. The van der Waals surface area contributed by atoms with E-state index >= 15 is 0 Å². The summed E-state index contributed by atoms with van der Waals surface area (Å²) in [6, 6.07) is 0.124. The van der Waals surface area contributed by atoms with Crippen LogP contribution in [0, 0.1) is 0 Å². The van der Waals surface area contributed by atoms with Gasteiger partial charge in [0.2, 0.25) is 0 Å². The fourth-order valence-corrected chi connectivity index (χ4v) is 2.31. The second-order valence-corrected chi connectivity index (χ2v) is 4.58. The lowest BCUT2D eigenvalue weighted by atomic mass is 10.0. The molecule has 1 saturated heterocycles. The van der Waals surface area contributed by atoms with Crippen LogP contribution in [0.5, 0.6) is 0 Å². The highest BCUT2D eigenvalue weighted by molar-refractivity contribution is 5.75. The predicted octanol–water partition coefficient (Wildman–Crippen LogP) is 1.14. The predicted molar refractivity (Wildman–Crippen MR) is 64.1 cm³/mol. The molecule has 4 heteroatoms. The van der Waals surface area contributed by atoms with E-state index in [4.69, 9.17) is 10.5 Å². The van der Waals surface area contributed by atoms with Crippen LogP contribution in [-0.4, -0.2) is 43.2 Å². The second kappa shape index (κ2) is 6.86. The molecule has 1 fully saturated rings. The van der Waals surface area contributed by atoms with Gasteiger partial charge in [0.25, 0.3) is 0 Å². The van der Waals surface area contributed by atoms with Gasteiger partial charge >= 0.3 is 5.97 Å². The molecule has 1 aliphatic rings. The smallest absolute Gasteiger partial charge is 0.323 e. The van der Waals surface area contributed by atoms with E-state index in [2.05, 4.69) is 11.8 Å². The number of nitrogens with two attached hydrogens (primary N) is 1. The normalized spacial score (nSPS) is 24.1. The summed E-state index contributed by atoms with van der Waals surface area (Å²) in [7, 11) is 1.46. The molecule has 4 nitrogen and oxygen atoms in total. The van der Waals surface area contributed by atoms with Crippen LogP contribution in [-0.2, 0) is 9.53 Å². The van der Waals surface area contributed by atoms with Crippen molar-refractivity contribution in [1.29, 1.82) is 0 Å². The van der Waals surface area contributed by atoms with Gasteiger partial charge in [-0.3, -0.25) is 9.69 Å². The maximum Gasteiger partial charge on any atom is 0.323 e. The molecule has 0 radical (unpaired) electrons. The van der Waals surface area contributed by atoms with Crippen molar-refractivity contribution in [3.8, 4) is 0 Å². The number of nitrogens with zero attached hydrogens (tertiary/aromatic N) is 1. The van der Waals surface area contributed by atoms with Crippen molar-refractivity contribution < 1.29 is 9.53 Å². The zero-order valence-corrected chi connectivity index (χ0v) is 10.4. The van der Waals surface area contributed by atoms with Crippen LogP contribution in [0.1, 0.15) is 39.0 Å². The molecule has 0 saturated carbocycles. The third-order valence-corrected chi connectivity index (χ3v) is 3.23. The molecule has 0 bridgehead atoms. The minimum atomic E-state index is -0.109. The van der Waals surface area contributed by atoms with Gasteiger partial charge in [0.1, 0.15) is 6.04 Å². The van der Waals surface area contributed by atoms with Crippen LogP contribution in [0.2, 0.25) is 0 Å². The molecular weight excluding hydrogens is 204 g/mol. The van der Waals surface area contributed by atoms with Crippen molar-refractivity contribution in [2.75, 3.05) is 20.2 Å². The fourth-order valence-electron chi connectivity index (χ4n) is 2.31. The minimum absolute atomic E-state index is 0.0868. The molecule has 16 heavy (non-hydrogen) atoms. The Labute approximate surface area is 98.1 Å². The van der Waals surface area contributed by atoms with Crippen LogP contribution in [0.15, 0.2) is 0 Å². The van der Waals surface area contributed by atoms with Gasteiger partial charge in [0, 0.05) is 12.6 Å². The van der Waals surface area contributed by atoms with Crippen LogP contribution in [0.4, 0.5) is 0 Å². The number of hydrogen-bond donors (Lipinski definition) is 1. The van der Waals surface area contributed by atoms with E-state index in [1.807, 2.05) is 0 Å². The lowest BCUT2D eigenvalue weighted by molar-refractivity contribution is -0.147. The van der Waals surface area contributed by atoms with Gasteiger partial charge in [0.05, 0.1) is 7.11 Å². The van der Waals surface area contributed by atoms with Crippen LogP contribution >= 0.6 is 0 Å². The van der Waals surface area contributed by atoms with Gasteiger partial charge in [0.15, 0.2) is 0 Å².